The Morgan fingerprint density at radius 2 is 1.65 bits per heavy atom. The summed E-state index contributed by atoms with van der Waals surface area (Å²) in [5.41, 5.74) is 5.02. The molecule has 0 atom stereocenters. The summed E-state index contributed by atoms with van der Waals surface area (Å²) < 4.78 is 4.94. The fraction of sp³-hybridized carbons (Fsp3) is 0. The van der Waals surface area contributed by atoms with Crippen molar-refractivity contribution in [2.75, 3.05) is 0 Å². The molecule has 0 radical (unpaired) electrons. The summed E-state index contributed by atoms with van der Waals surface area (Å²) in [4.78, 5) is 12.7. The van der Waals surface area contributed by atoms with Crippen LogP contribution in [0.25, 0.3) is 0 Å². The lowest BCUT2D eigenvalue weighted by molar-refractivity contribution is 0.210. The van der Waals surface area contributed by atoms with E-state index in [2.05, 4.69) is 0 Å². The van der Waals surface area contributed by atoms with Crippen LogP contribution in [-0.2, 0) is 0 Å². The zero-order valence-corrected chi connectivity index (χ0v) is 9.81. The predicted octanol–water partition coefficient (Wildman–Crippen LogP) is 3.30. The molecule has 2 aromatic rings. The summed E-state index contributed by atoms with van der Waals surface area (Å²) >= 11 is 1.52. The molecule has 0 spiro atoms. The highest BCUT2D eigenvalue weighted by Gasteiger charge is 2.06. The molecule has 2 aromatic carbocycles. The Morgan fingerprint density at radius 1 is 1.00 bits per heavy atom. The van der Waals surface area contributed by atoms with E-state index < -0.39 is 6.09 Å². The Labute approximate surface area is 104 Å². The van der Waals surface area contributed by atoms with Crippen molar-refractivity contribution in [1.82, 2.24) is 0 Å². The number of nitrogens with two attached hydrogens (primary N) is 1. The molecule has 0 saturated carbocycles. The second kappa shape index (κ2) is 5.41. The highest BCUT2D eigenvalue weighted by Crippen LogP contribution is 2.34. The van der Waals surface area contributed by atoms with Crippen molar-refractivity contribution in [3.63, 3.8) is 0 Å². The van der Waals surface area contributed by atoms with Crippen LogP contribution in [0.1, 0.15) is 0 Å². The Bertz CT molecular complexity index is 514. The molecule has 86 valence electrons. The van der Waals surface area contributed by atoms with Crippen molar-refractivity contribution < 1.29 is 9.53 Å². The van der Waals surface area contributed by atoms with Crippen molar-refractivity contribution in [2.24, 2.45) is 5.73 Å². The van der Waals surface area contributed by atoms with Gasteiger partial charge < -0.3 is 10.5 Å². The Morgan fingerprint density at radius 3 is 2.35 bits per heavy atom. The lowest BCUT2D eigenvalue weighted by Crippen LogP contribution is -2.16. The van der Waals surface area contributed by atoms with Gasteiger partial charge in [-0.05, 0) is 24.3 Å². The van der Waals surface area contributed by atoms with E-state index in [-0.39, 0.29) is 0 Å². The summed E-state index contributed by atoms with van der Waals surface area (Å²) in [7, 11) is 0. The minimum Gasteiger partial charge on any atom is -0.409 e. The number of hydrogen-bond acceptors (Lipinski definition) is 3. The van der Waals surface area contributed by atoms with Gasteiger partial charge in [-0.2, -0.15) is 0 Å². The van der Waals surface area contributed by atoms with E-state index in [0.717, 1.165) is 9.79 Å². The van der Waals surface area contributed by atoms with Crippen molar-refractivity contribution in [3.05, 3.63) is 54.6 Å². The molecule has 0 saturated heterocycles. The fourth-order valence-electron chi connectivity index (χ4n) is 1.34. The van der Waals surface area contributed by atoms with Crippen molar-refractivity contribution >= 4 is 17.9 Å². The number of primary amides is 1. The molecule has 0 aliphatic heterocycles. The molecule has 0 aliphatic rings. The molecule has 0 bridgehead atoms. The Balaban J connectivity index is 2.23. The fourth-order valence-corrected chi connectivity index (χ4v) is 2.25. The zero-order chi connectivity index (χ0) is 12.1. The number of rotatable bonds is 3. The molecule has 0 aliphatic carbocycles. The maximum absolute atomic E-state index is 10.8. The van der Waals surface area contributed by atoms with Gasteiger partial charge in [-0.15, -0.1) is 0 Å². The Kier molecular flexibility index (Phi) is 3.67. The van der Waals surface area contributed by atoms with Crippen LogP contribution in [0.5, 0.6) is 5.75 Å². The van der Waals surface area contributed by atoms with E-state index in [0.29, 0.717) is 5.75 Å². The first-order chi connectivity index (χ1) is 8.25. The van der Waals surface area contributed by atoms with Crippen LogP contribution >= 0.6 is 11.8 Å². The summed E-state index contributed by atoms with van der Waals surface area (Å²) in [5, 5.41) is 0. The third-order valence-corrected chi connectivity index (χ3v) is 3.10. The van der Waals surface area contributed by atoms with Gasteiger partial charge in [0, 0.05) is 4.90 Å². The lowest BCUT2D eigenvalue weighted by atomic mass is 10.3. The molecule has 0 heterocycles. The highest BCUT2D eigenvalue weighted by atomic mass is 32.2. The summed E-state index contributed by atoms with van der Waals surface area (Å²) in [5.74, 6) is 0.480. The van der Waals surface area contributed by atoms with E-state index in [4.69, 9.17) is 10.5 Å². The van der Waals surface area contributed by atoms with Crippen LogP contribution in [0.3, 0.4) is 0 Å². The summed E-state index contributed by atoms with van der Waals surface area (Å²) in [6.07, 6.45) is -0.800. The topological polar surface area (TPSA) is 52.3 Å². The van der Waals surface area contributed by atoms with E-state index >= 15 is 0 Å². The second-order valence-electron chi connectivity index (χ2n) is 3.28. The summed E-state index contributed by atoms with van der Waals surface area (Å²) in [6.45, 7) is 0. The number of hydrogen-bond donors (Lipinski definition) is 1. The third-order valence-electron chi connectivity index (χ3n) is 2.03. The molecule has 0 fully saturated rings. The molecule has 1 amide bonds. The van der Waals surface area contributed by atoms with Crippen LogP contribution in [-0.4, -0.2) is 6.09 Å². The normalized spacial score (nSPS) is 9.88. The van der Waals surface area contributed by atoms with Crippen LogP contribution < -0.4 is 10.5 Å². The molecule has 2 rings (SSSR count). The van der Waals surface area contributed by atoms with E-state index in [1.54, 1.807) is 12.1 Å². The van der Waals surface area contributed by atoms with E-state index in [1.165, 1.54) is 11.8 Å². The van der Waals surface area contributed by atoms with Crippen LogP contribution in [0.15, 0.2) is 64.4 Å². The number of ether oxygens (including phenoxy) is 1. The maximum atomic E-state index is 10.8. The van der Waals surface area contributed by atoms with Gasteiger partial charge >= 0.3 is 6.09 Å². The van der Waals surface area contributed by atoms with Crippen molar-refractivity contribution in [1.29, 1.82) is 0 Å². The van der Waals surface area contributed by atoms with Gasteiger partial charge in [0.25, 0.3) is 0 Å². The number of para-hydroxylation sites is 1. The molecule has 0 unspecified atom stereocenters. The average Bonchev–Trinajstić information content (AvgIpc) is 2.32. The van der Waals surface area contributed by atoms with Crippen LogP contribution in [0, 0.1) is 0 Å². The number of carbonyl (C=O) groups is 1. The summed E-state index contributed by atoms with van der Waals surface area (Å²) in [6, 6.07) is 17.1. The smallest absolute Gasteiger partial charge is 0.409 e. The molecule has 17 heavy (non-hydrogen) atoms. The standard InChI is InChI=1S/C13H11NO2S/c14-13(15)16-11-8-4-5-9-12(11)17-10-6-2-1-3-7-10/h1-9H,(H2,14,15). The molecular formula is C13H11NO2S. The first kappa shape index (κ1) is 11.5. The largest absolute Gasteiger partial charge is 0.410 e. The zero-order valence-electron chi connectivity index (χ0n) is 9.00. The third kappa shape index (κ3) is 3.26. The van der Waals surface area contributed by atoms with Crippen LogP contribution in [0.4, 0.5) is 4.79 Å². The van der Waals surface area contributed by atoms with Gasteiger partial charge in [0.05, 0.1) is 4.90 Å². The molecule has 2 N–H and O–H groups in total. The molecular weight excluding hydrogens is 234 g/mol. The van der Waals surface area contributed by atoms with Gasteiger partial charge in [-0.3, -0.25) is 0 Å². The first-order valence-corrected chi connectivity index (χ1v) is 5.86. The van der Waals surface area contributed by atoms with Gasteiger partial charge in [0.15, 0.2) is 0 Å². The number of amides is 1. The molecule has 0 aromatic heterocycles. The molecule has 3 nitrogen and oxygen atoms in total. The quantitative estimate of drug-likeness (QED) is 0.902. The molecule has 4 heteroatoms. The van der Waals surface area contributed by atoms with Gasteiger partial charge in [-0.25, -0.2) is 4.79 Å². The van der Waals surface area contributed by atoms with Gasteiger partial charge in [0.1, 0.15) is 5.75 Å². The van der Waals surface area contributed by atoms with Crippen molar-refractivity contribution in [3.8, 4) is 5.75 Å². The first-order valence-electron chi connectivity index (χ1n) is 5.05. The lowest BCUT2D eigenvalue weighted by Gasteiger charge is -2.07. The SMILES string of the molecule is NC(=O)Oc1ccccc1Sc1ccccc1. The van der Waals surface area contributed by atoms with E-state index in [1.807, 2.05) is 42.5 Å². The van der Waals surface area contributed by atoms with E-state index in [9.17, 15) is 4.79 Å². The number of benzene rings is 2. The second-order valence-corrected chi connectivity index (χ2v) is 4.40. The van der Waals surface area contributed by atoms with Crippen LogP contribution in [0.2, 0.25) is 0 Å². The maximum Gasteiger partial charge on any atom is 0.410 e. The predicted molar refractivity (Wildman–Crippen MR) is 67.2 cm³/mol. The van der Waals surface area contributed by atoms with Gasteiger partial charge in [-0.1, -0.05) is 42.1 Å². The monoisotopic (exact) mass is 245 g/mol. The minimum absolute atomic E-state index is 0.480. The highest BCUT2D eigenvalue weighted by molar-refractivity contribution is 7.99. The minimum atomic E-state index is -0.800. The van der Waals surface area contributed by atoms with Gasteiger partial charge in [0.2, 0.25) is 0 Å². The number of carbonyl (C=O) groups excluding carboxylic acids is 1. The average molecular weight is 245 g/mol. The Hall–Kier alpha value is -1.94. The van der Waals surface area contributed by atoms with Crippen molar-refractivity contribution in [2.45, 2.75) is 9.79 Å².